The van der Waals surface area contributed by atoms with Crippen LogP contribution in [0, 0.1) is 0 Å². The van der Waals surface area contributed by atoms with Gasteiger partial charge in [-0.05, 0) is 54.5 Å². The lowest BCUT2D eigenvalue weighted by Crippen LogP contribution is -2.32. The van der Waals surface area contributed by atoms with Gasteiger partial charge in [-0.15, -0.1) is 24.0 Å². The Labute approximate surface area is 196 Å². The first-order chi connectivity index (χ1) is 14.1. The molecule has 0 spiro atoms. The third-order valence-corrected chi connectivity index (χ3v) is 5.26. The number of aryl methyl sites for hydroxylation is 2. The standard InChI is InChI=1S/C23H31N5O.HI/c1-3-18-10-8-11-19(4-2)21(18)27-22(24)25-16-17-9-7-12-20(15-17)26-23(29)28-13-5-6-14-28;/h7-12,15H,3-6,13-14,16H2,1-2H3,(H,26,29)(H3,24,25,27);1H. The third-order valence-electron chi connectivity index (χ3n) is 5.26. The van der Waals surface area contributed by atoms with Crippen LogP contribution in [0.2, 0.25) is 0 Å². The lowest BCUT2D eigenvalue weighted by atomic mass is 10.0. The van der Waals surface area contributed by atoms with Crippen molar-refractivity contribution in [3.05, 3.63) is 59.2 Å². The summed E-state index contributed by atoms with van der Waals surface area (Å²) in [6, 6.07) is 14.0. The maximum Gasteiger partial charge on any atom is 0.321 e. The van der Waals surface area contributed by atoms with E-state index >= 15 is 0 Å². The predicted molar refractivity (Wildman–Crippen MR) is 136 cm³/mol. The fraction of sp³-hybridized carbons (Fsp3) is 0.391. The summed E-state index contributed by atoms with van der Waals surface area (Å²) < 4.78 is 0. The molecule has 2 aromatic rings. The Bertz CT molecular complexity index is 855. The van der Waals surface area contributed by atoms with Gasteiger partial charge in [-0.25, -0.2) is 9.79 Å². The molecule has 7 heteroatoms. The summed E-state index contributed by atoms with van der Waals surface area (Å²) in [5, 5.41) is 6.26. The number of aliphatic imine (C=N–C) groups is 1. The van der Waals surface area contributed by atoms with Crippen LogP contribution in [-0.4, -0.2) is 30.0 Å². The second-order valence-electron chi connectivity index (χ2n) is 7.31. The molecule has 0 radical (unpaired) electrons. The quantitative estimate of drug-likeness (QED) is 0.285. The summed E-state index contributed by atoms with van der Waals surface area (Å²) in [7, 11) is 0. The Morgan fingerprint density at radius 2 is 1.67 bits per heavy atom. The van der Waals surface area contributed by atoms with Crippen LogP contribution >= 0.6 is 24.0 Å². The molecule has 1 saturated heterocycles. The normalized spacial score (nSPS) is 13.7. The Morgan fingerprint density at radius 3 is 2.30 bits per heavy atom. The van der Waals surface area contributed by atoms with Gasteiger partial charge in [0.2, 0.25) is 0 Å². The number of hydrogen-bond donors (Lipinski definition) is 3. The zero-order valence-electron chi connectivity index (χ0n) is 17.8. The number of nitrogens with two attached hydrogens (primary N) is 1. The van der Waals surface area contributed by atoms with Crippen LogP contribution in [0.25, 0.3) is 0 Å². The van der Waals surface area contributed by atoms with Gasteiger partial charge in [-0.3, -0.25) is 0 Å². The highest BCUT2D eigenvalue weighted by Gasteiger charge is 2.17. The number of urea groups is 1. The number of halogens is 1. The fourth-order valence-corrected chi connectivity index (χ4v) is 3.62. The summed E-state index contributed by atoms with van der Waals surface area (Å²) >= 11 is 0. The zero-order chi connectivity index (χ0) is 20.6. The van der Waals surface area contributed by atoms with E-state index in [1.165, 1.54) is 11.1 Å². The first-order valence-electron chi connectivity index (χ1n) is 10.4. The summed E-state index contributed by atoms with van der Waals surface area (Å²) in [4.78, 5) is 18.6. The van der Waals surface area contributed by atoms with Crippen LogP contribution in [0.3, 0.4) is 0 Å². The number of amides is 2. The first-order valence-corrected chi connectivity index (χ1v) is 10.4. The molecule has 0 unspecified atom stereocenters. The van der Waals surface area contributed by atoms with Gasteiger partial charge >= 0.3 is 6.03 Å². The van der Waals surface area contributed by atoms with Gasteiger partial charge in [-0.1, -0.05) is 44.2 Å². The fourth-order valence-electron chi connectivity index (χ4n) is 3.62. The highest BCUT2D eigenvalue weighted by Crippen LogP contribution is 2.22. The van der Waals surface area contributed by atoms with Crippen molar-refractivity contribution < 1.29 is 4.79 Å². The van der Waals surface area contributed by atoms with Crippen molar-refractivity contribution in [2.75, 3.05) is 23.7 Å². The molecule has 1 heterocycles. The van der Waals surface area contributed by atoms with E-state index in [2.05, 4.69) is 47.7 Å². The number of nitrogens with zero attached hydrogens (tertiary/aromatic N) is 2. The highest BCUT2D eigenvalue weighted by atomic mass is 127. The number of guanidine groups is 1. The number of hydrogen-bond acceptors (Lipinski definition) is 2. The van der Waals surface area contributed by atoms with Gasteiger partial charge < -0.3 is 21.3 Å². The van der Waals surface area contributed by atoms with Crippen LogP contribution in [0.4, 0.5) is 16.2 Å². The molecule has 0 aromatic heterocycles. The maximum atomic E-state index is 12.3. The van der Waals surface area contributed by atoms with Gasteiger partial charge in [0.05, 0.1) is 6.54 Å². The molecule has 4 N–H and O–H groups in total. The zero-order valence-corrected chi connectivity index (χ0v) is 20.1. The Morgan fingerprint density at radius 1 is 1.03 bits per heavy atom. The summed E-state index contributed by atoms with van der Waals surface area (Å²) in [6.07, 6.45) is 4.02. The Hall–Kier alpha value is -2.29. The smallest absolute Gasteiger partial charge is 0.321 e. The molecule has 1 fully saturated rings. The lowest BCUT2D eigenvalue weighted by molar-refractivity contribution is 0.222. The largest absolute Gasteiger partial charge is 0.370 e. The monoisotopic (exact) mass is 521 g/mol. The number of likely N-dealkylation sites (tertiary alicyclic amines) is 1. The van der Waals surface area contributed by atoms with E-state index < -0.39 is 0 Å². The number of rotatable bonds is 6. The molecular weight excluding hydrogens is 489 g/mol. The molecule has 0 atom stereocenters. The van der Waals surface area contributed by atoms with Gasteiger partial charge in [0.1, 0.15) is 0 Å². The number of para-hydroxylation sites is 1. The van der Waals surface area contributed by atoms with E-state index in [-0.39, 0.29) is 30.0 Å². The number of anilines is 2. The van der Waals surface area contributed by atoms with Gasteiger partial charge in [0.25, 0.3) is 0 Å². The van der Waals surface area contributed by atoms with Crippen molar-refractivity contribution in [2.45, 2.75) is 46.1 Å². The second-order valence-corrected chi connectivity index (χ2v) is 7.31. The van der Waals surface area contributed by atoms with E-state index in [0.29, 0.717) is 12.5 Å². The van der Waals surface area contributed by atoms with E-state index in [1.807, 2.05) is 29.2 Å². The molecule has 0 aliphatic carbocycles. The third kappa shape index (κ3) is 6.35. The molecule has 1 aliphatic heterocycles. The number of nitrogens with one attached hydrogen (secondary N) is 2. The van der Waals surface area contributed by atoms with Crippen molar-refractivity contribution in [2.24, 2.45) is 10.7 Å². The summed E-state index contributed by atoms with van der Waals surface area (Å²) in [5.74, 6) is 0.395. The van der Waals surface area contributed by atoms with Crippen LogP contribution in [-0.2, 0) is 19.4 Å². The molecule has 162 valence electrons. The van der Waals surface area contributed by atoms with Crippen LogP contribution < -0.4 is 16.4 Å². The SMILES string of the molecule is CCc1cccc(CC)c1NC(N)=NCc1cccc(NC(=O)N2CCCC2)c1.I. The number of carbonyl (C=O) groups is 1. The van der Waals surface area contributed by atoms with Crippen molar-refractivity contribution in [1.82, 2.24) is 4.90 Å². The molecular formula is C23H32IN5O. The van der Waals surface area contributed by atoms with Gasteiger partial charge in [-0.2, -0.15) is 0 Å². The number of benzene rings is 2. The maximum absolute atomic E-state index is 12.3. The summed E-state index contributed by atoms with van der Waals surface area (Å²) in [6.45, 7) is 6.38. The molecule has 0 saturated carbocycles. The predicted octanol–water partition coefficient (Wildman–Crippen LogP) is 4.98. The minimum Gasteiger partial charge on any atom is -0.370 e. The van der Waals surface area contributed by atoms with E-state index in [0.717, 1.165) is 55.7 Å². The van der Waals surface area contributed by atoms with Crippen molar-refractivity contribution >= 4 is 47.3 Å². The molecule has 2 amide bonds. The molecule has 2 aromatic carbocycles. The lowest BCUT2D eigenvalue weighted by Gasteiger charge is -2.16. The van der Waals surface area contributed by atoms with Crippen LogP contribution in [0.1, 0.15) is 43.4 Å². The minimum absolute atomic E-state index is 0. The van der Waals surface area contributed by atoms with Crippen molar-refractivity contribution in [1.29, 1.82) is 0 Å². The minimum atomic E-state index is -0.0346. The van der Waals surface area contributed by atoms with Crippen LogP contribution in [0.5, 0.6) is 0 Å². The molecule has 1 aliphatic rings. The Balaban J connectivity index is 0.00000320. The average Bonchev–Trinajstić information content (AvgIpc) is 3.28. The first kappa shape index (κ1) is 24.0. The van der Waals surface area contributed by atoms with Crippen LogP contribution in [0.15, 0.2) is 47.5 Å². The van der Waals surface area contributed by atoms with Crippen molar-refractivity contribution in [3.8, 4) is 0 Å². The van der Waals surface area contributed by atoms with E-state index in [4.69, 9.17) is 5.73 Å². The molecule has 30 heavy (non-hydrogen) atoms. The molecule has 6 nitrogen and oxygen atoms in total. The molecule has 0 bridgehead atoms. The number of carbonyl (C=O) groups excluding carboxylic acids is 1. The second kappa shape index (κ2) is 11.8. The Kier molecular flexibility index (Phi) is 9.42. The van der Waals surface area contributed by atoms with E-state index in [1.54, 1.807) is 0 Å². The van der Waals surface area contributed by atoms with Crippen molar-refractivity contribution in [3.63, 3.8) is 0 Å². The highest BCUT2D eigenvalue weighted by molar-refractivity contribution is 14.0. The van der Waals surface area contributed by atoms with E-state index in [9.17, 15) is 4.79 Å². The molecule has 3 rings (SSSR count). The average molecular weight is 521 g/mol. The van der Waals surface area contributed by atoms with Gasteiger partial charge in [0, 0.05) is 24.5 Å². The van der Waals surface area contributed by atoms with Gasteiger partial charge in [0.15, 0.2) is 5.96 Å². The topological polar surface area (TPSA) is 82.7 Å². The summed E-state index contributed by atoms with van der Waals surface area (Å²) in [5.41, 5.74) is 11.5.